The Morgan fingerprint density at radius 2 is 2.27 bits per heavy atom. The Bertz CT molecular complexity index is 250. The molecule has 0 aromatic heterocycles. The van der Waals surface area contributed by atoms with E-state index in [2.05, 4.69) is 15.9 Å². The van der Waals surface area contributed by atoms with Crippen LogP contribution in [0.25, 0.3) is 0 Å². The molecule has 0 atom stereocenters. The van der Waals surface area contributed by atoms with Gasteiger partial charge in [0.05, 0.1) is 4.47 Å². The van der Waals surface area contributed by atoms with Gasteiger partial charge in [-0.3, -0.25) is 0 Å². The number of hydrogen-bond donors (Lipinski definition) is 0. The van der Waals surface area contributed by atoms with E-state index in [0.717, 1.165) is 11.3 Å². The summed E-state index contributed by atoms with van der Waals surface area (Å²) in [5.41, 5.74) is 1.14. The Morgan fingerprint density at radius 3 is 2.82 bits per heavy atom. The van der Waals surface area contributed by atoms with Gasteiger partial charge in [0.15, 0.2) is 0 Å². The molecule has 1 aromatic carbocycles. The molecule has 0 aliphatic rings. The third kappa shape index (κ3) is 2.49. The van der Waals surface area contributed by atoms with Gasteiger partial charge >= 0.3 is 0 Å². The van der Waals surface area contributed by atoms with E-state index in [1.165, 1.54) is 6.07 Å². The predicted octanol–water partition coefficient (Wildman–Crippen LogP) is 3.45. The van der Waals surface area contributed by atoms with Gasteiger partial charge in [0, 0.05) is 5.75 Å². The topological polar surface area (TPSA) is 0 Å². The Labute approximate surface area is 78.3 Å². The van der Waals surface area contributed by atoms with Crippen molar-refractivity contribution in [3.63, 3.8) is 0 Å². The fraction of sp³-hybridized carbons (Fsp3) is 0.250. The maximum absolute atomic E-state index is 12.7. The quantitative estimate of drug-likeness (QED) is 0.756. The second kappa shape index (κ2) is 4.12. The first kappa shape index (κ1) is 9.07. The molecule has 11 heavy (non-hydrogen) atoms. The first-order chi connectivity index (χ1) is 5.24. The van der Waals surface area contributed by atoms with Gasteiger partial charge < -0.3 is 0 Å². The predicted molar refractivity (Wildman–Crippen MR) is 51.3 cm³/mol. The Morgan fingerprint density at radius 1 is 1.55 bits per heavy atom. The Balaban J connectivity index is 2.86. The van der Waals surface area contributed by atoms with Crippen LogP contribution in [0.15, 0.2) is 22.7 Å². The fourth-order valence-corrected chi connectivity index (χ4v) is 1.74. The highest BCUT2D eigenvalue weighted by atomic mass is 79.9. The normalized spacial score (nSPS) is 10.1. The zero-order valence-corrected chi connectivity index (χ0v) is 8.51. The lowest BCUT2D eigenvalue weighted by molar-refractivity contribution is 0.620. The van der Waals surface area contributed by atoms with Crippen LogP contribution in [-0.4, -0.2) is 6.26 Å². The van der Waals surface area contributed by atoms with Crippen LogP contribution in [0.5, 0.6) is 0 Å². The molecule has 0 aliphatic carbocycles. The van der Waals surface area contributed by atoms with Crippen molar-refractivity contribution in [2.24, 2.45) is 0 Å². The molecule has 0 radical (unpaired) electrons. The second-order valence-corrected chi connectivity index (χ2v) is 3.90. The molecule has 0 nitrogen and oxygen atoms in total. The van der Waals surface area contributed by atoms with Crippen LogP contribution in [0.3, 0.4) is 0 Å². The molecule has 1 aromatic rings. The zero-order chi connectivity index (χ0) is 8.27. The van der Waals surface area contributed by atoms with Crippen molar-refractivity contribution in [3.05, 3.63) is 34.1 Å². The molecule has 0 fully saturated rings. The first-order valence-electron chi connectivity index (χ1n) is 3.17. The van der Waals surface area contributed by atoms with Gasteiger partial charge in [0.25, 0.3) is 0 Å². The lowest BCUT2D eigenvalue weighted by atomic mass is 10.2. The van der Waals surface area contributed by atoms with E-state index < -0.39 is 0 Å². The average molecular weight is 235 g/mol. The third-order valence-electron chi connectivity index (χ3n) is 1.30. The molecule has 0 N–H and O–H groups in total. The molecule has 0 aliphatic heterocycles. The van der Waals surface area contributed by atoms with E-state index in [-0.39, 0.29) is 5.82 Å². The van der Waals surface area contributed by atoms with Crippen LogP contribution >= 0.6 is 27.7 Å². The summed E-state index contributed by atoms with van der Waals surface area (Å²) in [5.74, 6) is 0.730. The number of halogens is 2. The summed E-state index contributed by atoms with van der Waals surface area (Å²) in [6.07, 6.45) is 2.03. The van der Waals surface area contributed by atoms with Crippen LogP contribution in [0, 0.1) is 5.82 Å². The molecule has 0 spiro atoms. The maximum Gasteiger partial charge on any atom is 0.137 e. The summed E-state index contributed by atoms with van der Waals surface area (Å²) in [5, 5.41) is 0. The van der Waals surface area contributed by atoms with Gasteiger partial charge in [-0.15, -0.1) is 0 Å². The number of rotatable bonds is 2. The molecule has 0 saturated carbocycles. The van der Waals surface area contributed by atoms with Gasteiger partial charge in [-0.1, -0.05) is 6.07 Å². The van der Waals surface area contributed by atoms with Crippen LogP contribution < -0.4 is 0 Å². The lowest BCUT2D eigenvalue weighted by Crippen LogP contribution is -1.82. The van der Waals surface area contributed by atoms with Crippen molar-refractivity contribution in [2.75, 3.05) is 6.26 Å². The minimum absolute atomic E-state index is 0.199. The molecule has 1 rings (SSSR count). The summed E-state index contributed by atoms with van der Waals surface area (Å²) in [7, 11) is 0. The highest BCUT2D eigenvalue weighted by molar-refractivity contribution is 9.10. The summed E-state index contributed by atoms with van der Waals surface area (Å²) >= 11 is 4.86. The van der Waals surface area contributed by atoms with Crippen molar-refractivity contribution >= 4 is 27.7 Å². The van der Waals surface area contributed by atoms with Crippen LogP contribution in [-0.2, 0) is 5.75 Å². The summed E-state index contributed by atoms with van der Waals surface area (Å²) in [6, 6.07) is 5.10. The zero-order valence-electron chi connectivity index (χ0n) is 6.10. The molecule has 0 heterocycles. The Hall–Kier alpha value is -0.0200. The Kier molecular flexibility index (Phi) is 3.40. The van der Waals surface area contributed by atoms with E-state index in [4.69, 9.17) is 0 Å². The van der Waals surface area contributed by atoms with Gasteiger partial charge in [-0.05, 0) is 39.9 Å². The van der Waals surface area contributed by atoms with Crippen molar-refractivity contribution in [3.8, 4) is 0 Å². The highest BCUT2D eigenvalue weighted by Gasteiger charge is 1.98. The number of benzene rings is 1. The molecular weight excluding hydrogens is 227 g/mol. The number of hydrogen-bond acceptors (Lipinski definition) is 1. The highest BCUT2D eigenvalue weighted by Crippen LogP contribution is 2.19. The molecule has 0 amide bonds. The van der Waals surface area contributed by atoms with E-state index in [0.29, 0.717) is 4.47 Å². The SMILES string of the molecule is CSCc1ccc(F)c(Br)c1. The summed E-state index contributed by atoms with van der Waals surface area (Å²) < 4.78 is 13.2. The van der Waals surface area contributed by atoms with Gasteiger partial charge in [0.1, 0.15) is 5.82 Å². The largest absolute Gasteiger partial charge is 0.206 e. The van der Waals surface area contributed by atoms with E-state index in [1.54, 1.807) is 17.8 Å². The first-order valence-corrected chi connectivity index (χ1v) is 5.35. The van der Waals surface area contributed by atoms with Crippen LogP contribution in [0.1, 0.15) is 5.56 Å². The summed E-state index contributed by atoms with van der Waals surface area (Å²) in [6.45, 7) is 0. The van der Waals surface area contributed by atoms with Crippen molar-refractivity contribution in [2.45, 2.75) is 5.75 Å². The third-order valence-corrected chi connectivity index (χ3v) is 2.52. The number of thioether (sulfide) groups is 1. The van der Waals surface area contributed by atoms with E-state index in [1.807, 2.05) is 12.3 Å². The monoisotopic (exact) mass is 234 g/mol. The molecule has 0 bridgehead atoms. The average Bonchev–Trinajstić information content (AvgIpc) is 1.98. The van der Waals surface area contributed by atoms with E-state index in [9.17, 15) is 4.39 Å². The lowest BCUT2D eigenvalue weighted by Gasteiger charge is -1.99. The molecule has 60 valence electrons. The minimum atomic E-state index is -0.199. The van der Waals surface area contributed by atoms with E-state index >= 15 is 0 Å². The van der Waals surface area contributed by atoms with Crippen molar-refractivity contribution in [1.82, 2.24) is 0 Å². The van der Waals surface area contributed by atoms with Crippen molar-refractivity contribution in [1.29, 1.82) is 0 Å². The smallest absolute Gasteiger partial charge is 0.137 e. The standard InChI is InChI=1S/C8H8BrFS/c1-11-5-6-2-3-8(10)7(9)4-6/h2-4H,5H2,1H3. The molecular formula is C8H8BrFS. The minimum Gasteiger partial charge on any atom is -0.206 e. The molecule has 0 unspecified atom stereocenters. The molecule has 0 saturated heterocycles. The van der Waals surface area contributed by atoms with Crippen LogP contribution in [0.4, 0.5) is 4.39 Å². The fourth-order valence-electron chi connectivity index (χ4n) is 0.796. The van der Waals surface area contributed by atoms with Gasteiger partial charge in [-0.25, -0.2) is 4.39 Å². The molecule has 3 heteroatoms. The summed E-state index contributed by atoms with van der Waals surface area (Å²) in [4.78, 5) is 0. The maximum atomic E-state index is 12.7. The second-order valence-electron chi connectivity index (χ2n) is 2.18. The van der Waals surface area contributed by atoms with Gasteiger partial charge in [0.2, 0.25) is 0 Å². The van der Waals surface area contributed by atoms with Gasteiger partial charge in [-0.2, -0.15) is 11.8 Å². The van der Waals surface area contributed by atoms with Crippen LogP contribution in [0.2, 0.25) is 0 Å². The van der Waals surface area contributed by atoms with Crippen molar-refractivity contribution < 1.29 is 4.39 Å².